The number of carbonyl (C=O) groups excluding carboxylic acids is 2. The summed E-state index contributed by atoms with van der Waals surface area (Å²) in [5.41, 5.74) is 9.52. The Hall–Kier alpha value is -2.00. The van der Waals surface area contributed by atoms with Gasteiger partial charge in [-0.25, -0.2) is 0 Å². The van der Waals surface area contributed by atoms with Crippen molar-refractivity contribution in [2.45, 2.75) is 50.3 Å². The van der Waals surface area contributed by atoms with Crippen molar-refractivity contribution < 1.29 is 29.6 Å². The molecular formula is C17H24N2O6. The quantitative estimate of drug-likeness (QED) is 0.390. The molecule has 7 N–H and O–H groups in total. The fraction of sp³-hybridized carbons (Fsp3) is 0.529. The minimum Gasteiger partial charge on any atom is -0.388 e. The molecule has 0 aromatic heterocycles. The maximum absolute atomic E-state index is 12.3. The van der Waals surface area contributed by atoms with Crippen LogP contribution >= 0.6 is 0 Å². The number of carbonyl (C=O) groups is 2. The molecule has 8 heteroatoms. The number of primary amides is 2. The number of hydrogen-bond acceptors (Lipinski definition) is 6. The van der Waals surface area contributed by atoms with E-state index in [0.717, 1.165) is 0 Å². The first-order chi connectivity index (χ1) is 11.8. The van der Waals surface area contributed by atoms with Crippen molar-refractivity contribution in [2.75, 3.05) is 0 Å². The molecule has 1 aliphatic rings. The van der Waals surface area contributed by atoms with E-state index in [1.807, 2.05) is 0 Å². The molecule has 25 heavy (non-hydrogen) atoms. The summed E-state index contributed by atoms with van der Waals surface area (Å²) in [6, 6.07) is 8.55. The van der Waals surface area contributed by atoms with Gasteiger partial charge in [-0.05, 0) is 18.4 Å². The SMILES string of the molecule is CC[C@H]1O[C@@H](C(Cc2ccccc2)(C(N)=O)C(N)=O)[C@H](O)[C@@H](O)[C@@H]1O. The van der Waals surface area contributed by atoms with Crippen LogP contribution in [-0.2, 0) is 20.7 Å². The first-order valence-electron chi connectivity index (χ1n) is 8.09. The molecule has 8 nitrogen and oxygen atoms in total. The maximum atomic E-state index is 12.3. The number of ether oxygens (including phenoxy) is 1. The topological polar surface area (TPSA) is 156 Å². The second kappa shape index (κ2) is 7.49. The van der Waals surface area contributed by atoms with Gasteiger partial charge in [-0.15, -0.1) is 0 Å². The van der Waals surface area contributed by atoms with Gasteiger partial charge in [-0.3, -0.25) is 9.59 Å². The average Bonchev–Trinajstić information content (AvgIpc) is 2.58. The molecule has 2 amide bonds. The molecule has 138 valence electrons. The van der Waals surface area contributed by atoms with Crippen LogP contribution in [0.15, 0.2) is 30.3 Å². The van der Waals surface area contributed by atoms with Crippen molar-refractivity contribution in [3.05, 3.63) is 35.9 Å². The lowest BCUT2D eigenvalue weighted by Crippen LogP contribution is -2.68. The van der Waals surface area contributed by atoms with E-state index in [9.17, 15) is 24.9 Å². The van der Waals surface area contributed by atoms with Gasteiger partial charge in [0.25, 0.3) is 0 Å². The van der Waals surface area contributed by atoms with Crippen molar-refractivity contribution in [1.82, 2.24) is 0 Å². The van der Waals surface area contributed by atoms with E-state index in [2.05, 4.69) is 0 Å². The maximum Gasteiger partial charge on any atom is 0.236 e. The Morgan fingerprint density at radius 1 is 1.04 bits per heavy atom. The van der Waals surface area contributed by atoms with E-state index in [1.165, 1.54) is 0 Å². The van der Waals surface area contributed by atoms with Crippen LogP contribution in [0.1, 0.15) is 18.9 Å². The highest BCUT2D eigenvalue weighted by molar-refractivity contribution is 6.05. The Bertz CT molecular complexity index is 607. The smallest absolute Gasteiger partial charge is 0.236 e. The minimum absolute atomic E-state index is 0.195. The molecule has 2 rings (SSSR count). The van der Waals surface area contributed by atoms with E-state index >= 15 is 0 Å². The molecule has 0 saturated carbocycles. The van der Waals surface area contributed by atoms with Crippen LogP contribution in [-0.4, -0.2) is 57.7 Å². The second-order valence-corrected chi connectivity index (χ2v) is 6.34. The summed E-state index contributed by atoms with van der Waals surface area (Å²) in [6.45, 7) is 1.70. The molecule has 1 fully saturated rings. The zero-order valence-electron chi connectivity index (χ0n) is 13.9. The fourth-order valence-electron chi connectivity index (χ4n) is 3.29. The Morgan fingerprint density at radius 2 is 1.60 bits per heavy atom. The normalized spacial score (nSPS) is 30.0. The molecule has 0 unspecified atom stereocenters. The van der Waals surface area contributed by atoms with Crippen LogP contribution in [0, 0.1) is 5.41 Å². The molecule has 1 aliphatic heterocycles. The highest BCUT2D eigenvalue weighted by atomic mass is 16.5. The van der Waals surface area contributed by atoms with Crippen molar-refractivity contribution >= 4 is 11.8 Å². The van der Waals surface area contributed by atoms with Crippen LogP contribution < -0.4 is 11.5 Å². The summed E-state index contributed by atoms with van der Waals surface area (Å²) in [5.74, 6) is -2.13. The van der Waals surface area contributed by atoms with Gasteiger partial charge in [0.1, 0.15) is 24.4 Å². The average molecular weight is 352 g/mol. The minimum atomic E-state index is -2.07. The summed E-state index contributed by atoms with van der Waals surface area (Å²) in [5, 5.41) is 30.5. The van der Waals surface area contributed by atoms with E-state index in [4.69, 9.17) is 16.2 Å². The van der Waals surface area contributed by atoms with Crippen LogP contribution in [0.4, 0.5) is 0 Å². The molecule has 1 heterocycles. The Kier molecular flexibility index (Phi) is 5.79. The van der Waals surface area contributed by atoms with Crippen LogP contribution in [0.2, 0.25) is 0 Å². The number of nitrogens with two attached hydrogens (primary N) is 2. The van der Waals surface area contributed by atoms with E-state index < -0.39 is 47.7 Å². The predicted octanol–water partition coefficient (Wildman–Crippen LogP) is -1.55. The van der Waals surface area contributed by atoms with Crippen molar-refractivity contribution in [1.29, 1.82) is 0 Å². The molecule has 0 spiro atoms. The monoisotopic (exact) mass is 352 g/mol. The first-order valence-corrected chi connectivity index (χ1v) is 8.09. The zero-order valence-corrected chi connectivity index (χ0v) is 13.9. The predicted molar refractivity (Wildman–Crippen MR) is 87.9 cm³/mol. The van der Waals surface area contributed by atoms with Crippen LogP contribution in [0.3, 0.4) is 0 Å². The lowest BCUT2D eigenvalue weighted by Gasteiger charge is -2.46. The Labute approximate surface area is 145 Å². The van der Waals surface area contributed by atoms with E-state index in [0.29, 0.717) is 12.0 Å². The number of hydrogen-bond donors (Lipinski definition) is 5. The van der Waals surface area contributed by atoms with Crippen molar-refractivity contribution in [3.8, 4) is 0 Å². The van der Waals surface area contributed by atoms with Gasteiger partial charge in [0.2, 0.25) is 11.8 Å². The third-order valence-corrected chi connectivity index (χ3v) is 4.81. The second-order valence-electron chi connectivity index (χ2n) is 6.34. The van der Waals surface area contributed by atoms with E-state index in [1.54, 1.807) is 37.3 Å². The first kappa shape index (κ1) is 19.3. The van der Waals surface area contributed by atoms with Crippen molar-refractivity contribution in [3.63, 3.8) is 0 Å². The van der Waals surface area contributed by atoms with E-state index in [-0.39, 0.29) is 6.42 Å². The number of rotatable bonds is 6. The highest BCUT2D eigenvalue weighted by Crippen LogP contribution is 2.37. The summed E-state index contributed by atoms with van der Waals surface area (Å²) in [4.78, 5) is 24.6. The highest BCUT2D eigenvalue weighted by Gasteiger charge is 2.58. The Morgan fingerprint density at radius 3 is 2.08 bits per heavy atom. The summed E-state index contributed by atoms with van der Waals surface area (Å²) < 4.78 is 5.63. The lowest BCUT2D eigenvalue weighted by molar-refractivity contribution is -0.245. The molecule has 1 saturated heterocycles. The zero-order chi connectivity index (χ0) is 18.8. The van der Waals surface area contributed by atoms with Gasteiger partial charge in [0.05, 0.1) is 6.10 Å². The number of aliphatic hydroxyl groups excluding tert-OH is 3. The van der Waals surface area contributed by atoms with Gasteiger partial charge in [0, 0.05) is 0 Å². The molecule has 0 bridgehead atoms. The van der Waals surface area contributed by atoms with Crippen molar-refractivity contribution in [2.24, 2.45) is 16.9 Å². The number of benzene rings is 1. The summed E-state index contributed by atoms with van der Waals surface area (Å²) >= 11 is 0. The van der Waals surface area contributed by atoms with Gasteiger partial charge < -0.3 is 31.5 Å². The van der Waals surface area contributed by atoms with Gasteiger partial charge in [0.15, 0.2) is 5.41 Å². The summed E-state index contributed by atoms with van der Waals surface area (Å²) in [7, 11) is 0. The molecule has 0 radical (unpaired) electrons. The summed E-state index contributed by atoms with van der Waals surface area (Å²) in [6.07, 6.45) is -6.92. The van der Waals surface area contributed by atoms with Gasteiger partial charge >= 0.3 is 0 Å². The third-order valence-electron chi connectivity index (χ3n) is 4.81. The van der Waals surface area contributed by atoms with Gasteiger partial charge in [-0.1, -0.05) is 37.3 Å². The third kappa shape index (κ3) is 3.38. The molecular weight excluding hydrogens is 328 g/mol. The standard InChI is InChI=1S/C17H24N2O6/c1-2-10-11(20)12(21)13(22)14(25-10)17(15(18)23,16(19)24)8-9-6-4-3-5-7-9/h3-7,10-14,20-22H,2,8H2,1H3,(H2,18,23)(H2,19,24)/t10-,11-,12+,13-,14-/m1/s1. The Balaban J connectivity index is 2.50. The largest absolute Gasteiger partial charge is 0.388 e. The van der Waals surface area contributed by atoms with Crippen LogP contribution in [0.25, 0.3) is 0 Å². The molecule has 1 aromatic carbocycles. The number of amides is 2. The lowest BCUT2D eigenvalue weighted by atomic mass is 9.70. The molecule has 1 aromatic rings. The molecule has 0 aliphatic carbocycles. The number of aliphatic hydroxyl groups is 3. The molecule has 5 atom stereocenters. The van der Waals surface area contributed by atoms with Crippen LogP contribution in [0.5, 0.6) is 0 Å². The van der Waals surface area contributed by atoms with Gasteiger partial charge in [-0.2, -0.15) is 0 Å². The fourth-order valence-corrected chi connectivity index (χ4v) is 3.29.